The highest BCUT2D eigenvalue weighted by Gasteiger charge is 2.80. The van der Waals surface area contributed by atoms with Crippen molar-refractivity contribution in [3.8, 4) is 0 Å². The molecule has 0 bridgehead atoms. The molecule has 2 amide bonds. The lowest BCUT2D eigenvalue weighted by Crippen LogP contribution is -2.57. The van der Waals surface area contributed by atoms with E-state index in [2.05, 4.69) is 4.74 Å². The average molecular weight is 431 g/mol. The molecule has 0 aromatic rings. The zero-order valence-electron chi connectivity index (χ0n) is 18.7. The molecule has 1 fully saturated rings. The van der Waals surface area contributed by atoms with Crippen molar-refractivity contribution in [2.24, 2.45) is 0 Å². The molecule has 0 N–H and O–H groups in total. The summed E-state index contributed by atoms with van der Waals surface area (Å²) in [6, 6.07) is 0. The normalized spacial score (nSPS) is 23.5. The van der Waals surface area contributed by atoms with Gasteiger partial charge in [-0.3, -0.25) is 0 Å². The van der Waals surface area contributed by atoms with E-state index in [1.807, 2.05) is 0 Å². The lowest BCUT2D eigenvalue weighted by molar-refractivity contribution is -0.150. The molecular formula is C20H30FNO8. The van der Waals surface area contributed by atoms with Gasteiger partial charge in [-0.05, 0) is 54.5 Å². The minimum absolute atomic E-state index is 0.0620. The summed E-state index contributed by atoms with van der Waals surface area (Å²) in [5.41, 5.74) is -7.08. The van der Waals surface area contributed by atoms with Crippen molar-refractivity contribution in [3.05, 3.63) is 12.2 Å². The standard InChI is InChI=1S/C20H30FNO8/c1-9-28-13(23)10-11-19(21)12-20(19,14(24)27-8)22(15(25)29-17(2,3)4)16(26)30-18(5,6)7/h10-11H,9,12H2,1-8H3/b11-10+/t19-,20-/m0/s1. The number of carbonyl (C=O) groups is 4. The third-order valence-electron chi connectivity index (χ3n) is 3.90. The summed E-state index contributed by atoms with van der Waals surface area (Å²) in [4.78, 5) is 50.1. The molecule has 1 rings (SSSR count). The third-order valence-corrected chi connectivity index (χ3v) is 3.90. The molecule has 1 aliphatic rings. The molecule has 0 unspecified atom stereocenters. The summed E-state index contributed by atoms with van der Waals surface area (Å²) in [5.74, 6) is -2.04. The first kappa shape index (κ1) is 25.4. The summed E-state index contributed by atoms with van der Waals surface area (Å²) >= 11 is 0. The molecule has 0 radical (unpaired) electrons. The van der Waals surface area contributed by atoms with Gasteiger partial charge in [0, 0.05) is 12.5 Å². The van der Waals surface area contributed by atoms with Crippen LogP contribution in [0.15, 0.2) is 12.2 Å². The van der Waals surface area contributed by atoms with E-state index in [1.54, 1.807) is 48.5 Å². The Morgan fingerprint density at radius 1 is 1.00 bits per heavy atom. The van der Waals surface area contributed by atoms with Crippen LogP contribution in [0, 0.1) is 0 Å². The SMILES string of the molecule is CCOC(=O)/C=C/[C@]1(F)C[C@@]1(C(=O)OC)N(C(=O)OC(C)(C)C)C(=O)OC(C)(C)C. The fraction of sp³-hybridized carbons (Fsp3) is 0.700. The predicted octanol–water partition coefficient (Wildman–Crippen LogP) is 3.30. The lowest BCUT2D eigenvalue weighted by atomic mass is 10.1. The Labute approximate surface area is 175 Å². The number of amides is 2. The van der Waals surface area contributed by atoms with E-state index in [0.717, 1.165) is 19.3 Å². The van der Waals surface area contributed by atoms with Gasteiger partial charge in [0.25, 0.3) is 0 Å². The van der Waals surface area contributed by atoms with Gasteiger partial charge >= 0.3 is 24.1 Å². The van der Waals surface area contributed by atoms with Crippen LogP contribution >= 0.6 is 0 Å². The number of ether oxygens (including phenoxy) is 4. The molecule has 1 saturated carbocycles. The maximum absolute atomic E-state index is 15.6. The number of methoxy groups -OCH3 is 1. The second kappa shape index (κ2) is 8.61. The van der Waals surface area contributed by atoms with Gasteiger partial charge in [0.05, 0.1) is 13.7 Å². The van der Waals surface area contributed by atoms with E-state index in [1.165, 1.54) is 0 Å². The molecule has 9 nitrogen and oxygen atoms in total. The number of nitrogens with zero attached hydrogens (tertiary/aromatic N) is 1. The van der Waals surface area contributed by atoms with Gasteiger partial charge in [-0.2, -0.15) is 4.90 Å². The molecule has 0 saturated heterocycles. The molecule has 2 atom stereocenters. The highest BCUT2D eigenvalue weighted by Crippen LogP contribution is 2.58. The number of alkyl halides is 1. The fourth-order valence-electron chi connectivity index (χ4n) is 2.68. The fourth-order valence-corrected chi connectivity index (χ4v) is 2.68. The third kappa shape index (κ3) is 5.70. The lowest BCUT2D eigenvalue weighted by Gasteiger charge is -2.33. The minimum atomic E-state index is -2.58. The summed E-state index contributed by atoms with van der Waals surface area (Å²) < 4.78 is 35.4. The number of hydrogen-bond donors (Lipinski definition) is 0. The Kier molecular flexibility index (Phi) is 7.29. The quantitative estimate of drug-likeness (QED) is 0.371. The number of imide groups is 1. The number of halogens is 1. The Morgan fingerprint density at radius 2 is 1.47 bits per heavy atom. The van der Waals surface area contributed by atoms with Crippen molar-refractivity contribution in [1.29, 1.82) is 0 Å². The van der Waals surface area contributed by atoms with Crippen LogP contribution in [-0.4, -0.2) is 65.2 Å². The van der Waals surface area contributed by atoms with Gasteiger partial charge in [0.2, 0.25) is 0 Å². The van der Waals surface area contributed by atoms with Crippen LogP contribution in [0.4, 0.5) is 14.0 Å². The molecule has 0 aromatic carbocycles. The molecule has 0 aromatic heterocycles. The number of hydrogen-bond acceptors (Lipinski definition) is 8. The van der Waals surface area contributed by atoms with Crippen LogP contribution in [0.2, 0.25) is 0 Å². The van der Waals surface area contributed by atoms with Crippen LogP contribution in [0.25, 0.3) is 0 Å². The largest absolute Gasteiger partial charge is 0.467 e. The van der Waals surface area contributed by atoms with E-state index in [0.29, 0.717) is 0 Å². The Balaban J connectivity index is 3.46. The van der Waals surface area contributed by atoms with Gasteiger partial charge in [-0.25, -0.2) is 23.6 Å². The van der Waals surface area contributed by atoms with E-state index in [9.17, 15) is 19.2 Å². The van der Waals surface area contributed by atoms with E-state index in [4.69, 9.17) is 14.2 Å². The van der Waals surface area contributed by atoms with E-state index in [-0.39, 0.29) is 11.5 Å². The summed E-state index contributed by atoms with van der Waals surface area (Å²) in [6.07, 6.45) is -1.65. The molecule has 30 heavy (non-hydrogen) atoms. The summed E-state index contributed by atoms with van der Waals surface area (Å²) in [7, 11) is 0.986. The first-order valence-corrected chi connectivity index (χ1v) is 9.42. The van der Waals surface area contributed by atoms with Crippen molar-refractivity contribution in [3.63, 3.8) is 0 Å². The molecule has 0 aliphatic heterocycles. The van der Waals surface area contributed by atoms with Gasteiger partial charge < -0.3 is 18.9 Å². The van der Waals surface area contributed by atoms with Crippen molar-refractivity contribution in [2.75, 3.05) is 13.7 Å². The van der Waals surface area contributed by atoms with Gasteiger partial charge in [0.1, 0.15) is 11.2 Å². The van der Waals surface area contributed by atoms with Gasteiger partial charge in [0.15, 0.2) is 11.2 Å². The summed E-state index contributed by atoms with van der Waals surface area (Å²) in [6.45, 7) is 10.9. The van der Waals surface area contributed by atoms with Crippen LogP contribution in [0.3, 0.4) is 0 Å². The highest BCUT2D eigenvalue weighted by atomic mass is 19.1. The molecule has 170 valence electrons. The smallest absolute Gasteiger partial charge is 0.421 e. The van der Waals surface area contributed by atoms with Crippen LogP contribution in [-0.2, 0) is 28.5 Å². The second-order valence-electron chi connectivity index (χ2n) is 8.77. The Morgan fingerprint density at radius 3 is 1.83 bits per heavy atom. The Bertz CT molecular complexity index is 708. The molecule has 0 spiro atoms. The zero-order chi connectivity index (χ0) is 23.5. The van der Waals surface area contributed by atoms with E-state index < -0.39 is 53.0 Å². The van der Waals surface area contributed by atoms with Crippen molar-refractivity contribution in [1.82, 2.24) is 4.90 Å². The zero-order valence-corrected chi connectivity index (χ0v) is 18.7. The van der Waals surface area contributed by atoms with Crippen LogP contribution in [0.1, 0.15) is 54.9 Å². The predicted molar refractivity (Wildman–Crippen MR) is 103 cm³/mol. The maximum Gasteiger partial charge on any atom is 0.421 e. The average Bonchev–Trinajstić information content (AvgIpc) is 3.16. The van der Waals surface area contributed by atoms with Gasteiger partial charge in [-0.15, -0.1) is 0 Å². The minimum Gasteiger partial charge on any atom is -0.467 e. The van der Waals surface area contributed by atoms with Crippen LogP contribution in [0.5, 0.6) is 0 Å². The highest BCUT2D eigenvalue weighted by molar-refractivity contribution is 6.01. The molecule has 1 aliphatic carbocycles. The molecule has 0 heterocycles. The van der Waals surface area contributed by atoms with Crippen molar-refractivity contribution < 1.29 is 42.5 Å². The Hall–Kier alpha value is -2.65. The molecule has 10 heteroatoms. The first-order valence-electron chi connectivity index (χ1n) is 9.42. The second-order valence-corrected chi connectivity index (χ2v) is 8.77. The van der Waals surface area contributed by atoms with Crippen LogP contribution < -0.4 is 0 Å². The topological polar surface area (TPSA) is 108 Å². The van der Waals surface area contributed by atoms with Gasteiger partial charge in [-0.1, -0.05) is 0 Å². The molecular weight excluding hydrogens is 401 g/mol. The van der Waals surface area contributed by atoms with Crippen molar-refractivity contribution in [2.45, 2.75) is 77.3 Å². The number of esters is 2. The summed E-state index contributed by atoms with van der Waals surface area (Å²) in [5, 5.41) is 0. The number of rotatable bonds is 5. The van der Waals surface area contributed by atoms with E-state index >= 15 is 4.39 Å². The number of carbonyl (C=O) groups excluding carboxylic acids is 4. The van der Waals surface area contributed by atoms with Crippen molar-refractivity contribution >= 4 is 24.1 Å². The first-order chi connectivity index (χ1) is 13.5. The monoisotopic (exact) mass is 431 g/mol. The maximum atomic E-state index is 15.6.